The molecule has 0 spiro atoms. The van der Waals surface area contributed by atoms with E-state index in [0.717, 1.165) is 0 Å². The molecule has 1 aromatic rings. The monoisotopic (exact) mass is 327 g/mol. The molecular formula is C15H25N3O3S. The normalized spacial score (nSPS) is 12.3. The van der Waals surface area contributed by atoms with E-state index in [0.29, 0.717) is 18.8 Å². The summed E-state index contributed by atoms with van der Waals surface area (Å²) in [7, 11) is -3.47. The van der Waals surface area contributed by atoms with Crippen molar-refractivity contribution in [1.82, 2.24) is 9.62 Å². The second-order valence-electron chi connectivity index (χ2n) is 5.94. The molecule has 0 bridgehead atoms. The Hall–Kier alpha value is -1.60. The number of rotatable bonds is 5. The highest BCUT2D eigenvalue weighted by Crippen LogP contribution is 2.18. The molecular weight excluding hydrogens is 302 g/mol. The number of amides is 2. The third-order valence-electron chi connectivity index (χ3n) is 2.94. The molecule has 1 rings (SSSR count). The molecule has 0 aromatic heterocycles. The Kier molecular flexibility index (Phi) is 5.96. The van der Waals surface area contributed by atoms with Crippen LogP contribution in [0.25, 0.3) is 0 Å². The summed E-state index contributed by atoms with van der Waals surface area (Å²) in [5.74, 6) is 0. The third kappa shape index (κ3) is 4.99. The Labute approximate surface area is 132 Å². The Morgan fingerprint density at radius 3 is 2.00 bits per heavy atom. The number of carbonyl (C=O) groups is 1. The van der Waals surface area contributed by atoms with Gasteiger partial charge >= 0.3 is 6.03 Å². The zero-order valence-electron chi connectivity index (χ0n) is 13.8. The number of urea groups is 1. The molecule has 0 radical (unpaired) electrons. The van der Waals surface area contributed by atoms with Crippen molar-refractivity contribution in [3.63, 3.8) is 0 Å². The Balaban J connectivity index is 2.85. The fourth-order valence-electron chi connectivity index (χ4n) is 1.93. The van der Waals surface area contributed by atoms with Gasteiger partial charge in [-0.15, -0.1) is 0 Å². The zero-order chi connectivity index (χ0) is 17.0. The SMILES string of the molecule is CCN(CC)S(=O)(=O)c1ccc(NC(=O)NC(C)(C)C)cc1. The van der Waals surface area contributed by atoms with Crippen LogP contribution in [0.15, 0.2) is 29.2 Å². The van der Waals surface area contributed by atoms with Gasteiger partial charge in [0.25, 0.3) is 0 Å². The predicted molar refractivity (Wildman–Crippen MR) is 88.5 cm³/mol. The molecule has 0 atom stereocenters. The number of hydrogen-bond donors (Lipinski definition) is 2. The average molecular weight is 327 g/mol. The second-order valence-corrected chi connectivity index (χ2v) is 7.88. The van der Waals surface area contributed by atoms with Gasteiger partial charge in [0.15, 0.2) is 0 Å². The van der Waals surface area contributed by atoms with Gasteiger partial charge in [0.2, 0.25) is 10.0 Å². The average Bonchev–Trinajstić information content (AvgIpc) is 2.38. The summed E-state index contributed by atoms with van der Waals surface area (Å²) in [5, 5.41) is 5.45. The van der Waals surface area contributed by atoms with Crippen LogP contribution in [0.2, 0.25) is 0 Å². The number of benzene rings is 1. The van der Waals surface area contributed by atoms with Gasteiger partial charge in [-0.3, -0.25) is 0 Å². The van der Waals surface area contributed by atoms with Crippen molar-refractivity contribution in [2.75, 3.05) is 18.4 Å². The first kappa shape index (κ1) is 18.4. The van der Waals surface area contributed by atoms with Crippen LogP contribution in [-0.4, -0.2) is 37.4 Å². The maximum Gasteiger partial charge on any atom is 0.319 e. The van der Waals surface area contributed by atoms with E-state index in [1.165, 1.54) is 16.4 Å². The lowest BCUT2D eigenvalue weighted by Gasteiger charge is -2.21. The molecule has 0 aliphatic heterocycles. The Morgan fingerprint density at radius 1 is 1.09 bits per heavy atom. The van der Waals surface area contributed by atoms with Crippen molar-refractivity contribution in [3.05, 3.63) is 24.3 Å². The van der Waals surface area contributed by atoms with Crippen LogP contribution >= 0.6 is 0 Å². The first-order valence-electron chi connectivity index (χ1n) is 7.29. The van der Waals surface area contributed by atoms with Crippen molar-refractivity contribution in [2.24, 2.45) is 0 Å². The van der Waals surface area contributed by atoms with E-state index >= 15 is 0 Å². The molecule has 0 saturated carbocycles. The topological polar surface area (TPSA) is 78.5 Å². The molecule has 0 aliphatic carbocycles. The van der Waals surface area contributed by atoms with Gasteiger partial charge in [-0.2, -0.15) is 4.31 Å². The van der Waals surface area contributed by atoms with Crippen LogP contribution in [0, 0.1) is 0 Å². The lowest BCUT2D eigenvalue weighted by Crippen LogP contribution is -2.43. The molecule has 0 fully saturated rings. The van der Waals surface area contributed by atoms with E-state index in [1.807, 2.05) is 20.8 Å². The molecule has 0 unspecified atom stereocenters. The highest BCUT2D eigenvalue weighted by molar-refractivity contribution is 7.89. The second kappa shape index (κ2) is 7.11. The van der Waals surface area contributed by atoms with Gasteiger partial charge in [-0.05, 0) is 45.0 Å². The summed E-state index contributed by atoms with van der Waals surface area (Å²) in [6.45, 7) is 10.1. The first-order valence-corrected chi connectivity index (χ1v) is 8.73. The third-order valence-corrected chi connectivity index (χ3v) is 5.01. The molecule has 0 heterocycles. The molecule has 2 amide bonds. The fourth-order valence-corrected chi connectivity index (χ4v) is 3.38. The summed E-state index contributed by atoms with van der Waals surface area (Å²) < 4.78 is 26.1. The van der Waals surface area contributed by atoms with Crippen LogP contribution in [0.3, 0.4) is 0 Å². The van der Waals surface area contributed by atoms with Crippen LogP contribution in [0.1, 0.15) is 34.6 Å². The Morgan fingerprint density at radius 2 is 1.59 bits per heavy atom. The number of nitrogens with one attached hydrogen (secondary N) is 2. The predicted octanol–water partition coefficient (Wildman–Crippen LogP) is 2.64. The van der Waals surface area contributed by atoms with Gasteiger partial charge in [0, 0.05) is 24.3 Å². The van der Waals surface area contributed by atoms with Crippen LogP contribution < -0.4 is 10.6 Å². The molecule has 2 N–H and O–H groups in total. The van der Waals surface area contributed by atoms with Crippen molar-refractivity contribution in [1.29, 1.82) is 0 Å². The van der Waals surface area contributed by atoms with E-state index in [2.05, 4.69) is 10.6 Å². The maximum absolute atomic E-state index is 12.3. The Bertz CT molecular complexity index is 600. The molecule has 22 heavy (non-hydrogen) atoms. The smallest absolute Gasteiger partial charge is 0.319 e. The summed E-state index contributed by atoms with van der Waals surface area (Å²) in [5.41, 5.74) is 0.205. The van der Waals surface area contributed by atoms with E-state index in [1.54, 1.807) is 26.0 Å². The van der Waals surface area contributed by atoms with Crippen LogP contribution in [-0.2, 0) is 10.0 Å². The van der Waals surface area contributed by atoms with Crippen molar-refractivity contribution < 1.29 is 13.2 Å². The van der Waals surface area contributed by atoms with Crippen LogP contribution in [0.4, 0.5) is 10.5 Å². The van der Waals surface area contributed by atoms with Gasteiger partial charge in [-0.1, -0.05) is 13.8 Å². The summed E-state index contributed by atoms with van der Waals surface area (Å²) in [6.07, 6.45) is 0. The minimum atomic E-state index is -3.47. The fraction of sp³-hybridized carbons (Fsp3) is 0.533. The van der Waals surface area contributed by atoms with Crippen molar-refractivity contribution in [3.8, 4) is 0 Å². The van der Waals surface area contributed by atoms with E-state index in [-0.39, 0.29) is 16.5 Å². The summed E-state index contributed by atoms with van der Waals surface area (Å²) >= 11 is 0. The minimum absolute atomic E-state index is 0.220. The number of nitrogens with zero attached hydrogens (tertiary/aromatic N) is 1. The van der Waals surface area contributed by atoms with E-state index in [9.17, 15) is 13.2 Å². The summed E-state index contributed by atoms with van der Waals surface area (Å²) in [4.78, 5) is 12.0. The molecule has 6 nitrogen and oxygen atoms in total. The molecule has 124 valence electrons. The highest BCUT2D eigenvalue weighted by Gasteiger charge is 2.21. The molecule has 1 aromatic carbocycles. The number of hydrogen-bond acceptors (Lipinski definition) is 3. The van der Waals surface area contributed by atoms with Gasteiger partial charge < -0.3 is 10.6 Å². The maximum atomic E-state index is 12.3. The van der Waals surface area contributed by atoms with Crippen molar-refractivity contribution >= 4 is 21.7 Å². The first-order chi connectivity index (χ1) is 10.1. The zero-order valence-corrected chi connectivity index (χ0v) is 14.6. The van der Waals surface area contributed by atoms with E-state index in [4.69, 9.17) is 0 Å². The number of carbonyl (C=O) groups excluding carboxylic acids is 1. The van der Waals surface area contributed by atoms with Gasteiger partial charge in [-0.25, -0.2) is 13.2 Å². The lowest BCUT2D eigenvalue weighted by atomic mass is 10.1. The van der Waals surface area contributed by atoms with Gasteiger partial charge in [0.05, 0.1) is 4.90 Å². The molecule has 7 heteroatoms. The summed E-state index contributed by atoms with van der Waals surface area (Å²) in [6, 6.07) is 5.84. The van der Waals surface area contributed by atoms with E-state index < -0.39 is 10.0 Å². The highest BCUT2D eigenvalue weighted by atomic mass is 32.2. The number of anilines is 1. The quantitative estimate of drug-likeness (QED) is 0.872. The lowest BCUT2D eigenvalue weighted by molar-refractivity contribution is 0.244. The van der Waals surface area contributed by atoms with Crippen LogP contribution in [0.5, 0.6) is 0 Å². The van der Waals surface area contributed by atoms with Crippen molar-refractivity contribution in [2.45, 2.75) is 45.1 Å². The largest absolute Gasteiger partial charge is 0.333 e. The number of sulfonamides is 1. The standard InChI is InChI=1S/C15H25N3O3S/c1-6-18(7-2)22(20,21)13-10-8-12(9-11-13)16-14(19)17-15(3,4)5/h8-11H,6-7H2,1-5H3,(H2,16,17,19). The minimum Gasteiger partial charge on any atom is -0.333 e. The molecule has 0 aliphatic rings. The van der Waals surface area contributed by atoms with Gasteiger partial charge in [0.1, 0.15) is 0 Å². The molecule has 0 saturated heterocycles.